The molecule has 0 bridgehead atoms. The summed E-state index contributed by atoms with van der Waals surface area (Å²) in [5, 5.41) is 9.95. The second-order valence-corrected chi connectivity index (χ2v) is 1.88. The number of carbonyl (C=O) groups is 1. The van der Waals surface area contributed by atoms with Gasteiger partial charge in [-0.25, -0.2) is 9.90 Å². The Kier molecular flexibility index (Phi) is 13.4. The molecule has 0 heterocycles. The highest BCUT2D eigenvalue weighted by Crippen LogP contribution is 1.67. The van der Waals surface area contributed by atoms with Gasteiger partial charge in [-0.2, -0.15) is 0 Å². The summed E-state index contributed by atoms with van der Waals surface area (Å²) in [5.74, 6) is -1.08. The fourth-order valence-electron chi connectivity index (χ4n) is 0. The Bertz CT molecular complexity index is 41.0. The van der Waals surface area contributed by atoms with E-state index in [-0.39, 0.29) is 0 Å². The maximum absolute atomic E-state index is 8.89. The van der Waals surface area contributed by atoms with Crippen LogP contribution in [0, 0.1) is 0 Å². The van der Waals surface area contributed by atoms with Gasteiger partial charge >= 0.3 is 5.97 Å². The van der Waals surface area contributed by atoms with Crippen LogP contribution in [-0.4, -0.2) is 11.3 Å². The van der Waals surface area contributed by atoms with Gasteiger partial charge in [-0.1, -0.05) is 22.9 Å². The van der Waals surface area contributed by atoms with Crippen LogP contribution >= 0.6 is 15.9 Å². The highest BCUT2D eigenvalue weighted by atomic mass is 79.9. The molecule has 0 unspecified atom stereocenters. The summed E-state index contributed by atoms with van der Waals surface area (Å²) in [6.45, 7) is 3.01. The van der Waals surface area contributed by atoms with Gasteiger partial charge in [0.25, 0.3) is 0 Å². The van der Waals surface area contributed by atoms with Crippen LogP contribution in [0.3, 0.4) is 0 Å². The van der Waals surface area contributed by atoms with Gasteiger partial charge in [0.05, 0.1) is 0 Å². The van der Waals surface area contributed by atoms with Gasteiger partial charge in [0, 0.05) is 12.3 Å². The molecule has 7 heavy (non-hydrogen) atoms. The summed E-state index contributed by atoms with van der Waals surface area (Å²) in [6.07, 6.45) is 0. The largest absolute Gasteiger partial charge is 0.352 e. The first kappa shape index (κ1) is 10.0. The quantitative estimate of drug-likeness (QED) is 0.503. The summed E-state index contributed by atoms with van der Waals surface area (Å²) in [4.78, 5) is 8.89. The van der Waals surface area contributed by atoms with Crippen molar-refractivity contribution < 1.29 is 9.90 Å². The standard InChI is InChI=1S/C2H5Br.C2H3O2/c1-2-3;1-2(3)4/h2H2,1H3;1H3. The fourth-order valence-corrected chi connectivity index (χ4v) is 0. The summed E-state index contributed by atoms with van der Waals surface area (Å²) >= 11 is 3.15. The average molecular weight is 168 g/mol. The maximum atomic E-state index is 8.89. The molecule has 0 aromatic rings. The Morgan fingerprint density at radius 2 is 1.71 bits per heavy atom. The minimum Gasteiger partial charge on any atom is -0.248 e. The molecular formula is C4H8BrO2. The average Bonchev–Trinajstić information content (AvgIpc) is 1.33. The molecule has 0 saturated carbocycles. The third kappa shape index (κ3) is 37100. The van der Waals surface area contributed by atoms with Crippen LogP contribution in [0.25, 0.3) is 0 Å². The van der Waals surface area contributed by atoms with Crippen molar-refractivity contribution in [3.63, 3.8) is 0 Å². The highest BCUT2D eigenvalue weighted by molar-refractivity contribution is 9.09. The Balaban J connectivity index is 0. The number of hydrogen-bond acceptors (Lipinski definition) is 1. The zero-order chi connectivity index (χ0) is 6.28. The van der Waals surface area contributed by atoms with Crippen LogP contribution < -0.4 is 0 Å². The summed E-state index contributed by atoms with van der Waals surface area (Å²) in [7, 11) is 0. The lowest BCUT2D eigenvalue weighted by Gasteiger charge is -1.50. The molecule has 0 amide bonds. The molecule has 1 radical (unpaired) electrons. The van der Waals surface area contributed by atoms with Crippen molar-refractivity contribution in [1.29, 1.82) is 0 Å². The Hall–Kier alpha value is -0.0500. The Morgan fingerprint density at radius 1 is 1.71 bits per heavy atom. The molecule has 0 saturated heterocycles. The number of carbonyl (C=O) groups excluding carboxylic acids is 1. The van der Waals surface area contributed by atoms with Gasteiger partial charge in [-0.15, -0.1) is 0 Å². The smallest absolute Gasteiger partial charge is 0.248 e. The normalized spacial score (nSPS) is 6.14. The van der Waals surface area contributed by atoms with Crippen LogP contribution in [0.2, 0.25) is 0 Å². The van der Waals surface area contributed by atoms with Crippen LogP contribution in [-0.2, 0) is 9.90 Å². The molecule has 0 aliphatic carbocycles. The van der Waals surface area contributed by atoms with E-state index in [4.69, 9.17) is 9.90 Å². The minimum absolute atomic E-state index is 0.972. The van der Waals surface area contributed by atoms with E-state index in [1.807, 2.05) is 6.92 Å². The molecule has 2 nitrogen and oxygen atoms in total. The molecule has 0 aromatic carbocycles. The van der Waals surface area contributed by atoms with E-state index in [0.29, 0.717) is 0 Å². The predicted octanol–water partition coefficient (Wildman–Crippen LogP) is 1.36. The maximum Gasteiger partial charge on any atom is 0.352 e. The molecular weight excluding hydrogens is 160 g/mol. The van der Waals surface area contributed by atoms with Crippen LogP contribution in [0.5, 0.6) is 0 Å². The topological polar surface area (TPSA) is 37.0 Å². The second-order valence-electron chi connectivity index (χ2n) is 0.759. The molecule has 0 N–H and O–H groups in total. The van der Waals surface area contributed by atoms with E-state index in [9.17, 15) is 0 Å². The van der Waals surface area contributed by atoms with Crippen molar-refractivity contribution in [2.45, 2.75) is 13.8 Å². The fraction of sp³-hybridized carbons (Fsp3) is 0.750. The number of alkyl halides is 1. The Labute approximate surface area is 51.7 Å². The predicted molar refractivity (Wildman–Crippen MR) is 30.8 cm³/mol. The molecule has 0 fully saturated rings. The van der Waals surface area contributed by atoms with Crippen molar-refractivity contribution in [1.82, 2.24) is 0 Å². The lowest BCUT2D eigenvalue weighted by atomic mass is 10.9. The number of halogens is 1. The van der Waals surface area contributed by atoms with Crippen LogP contribution in [0.15, 0.2) is 0 Å². The van der Waals surface area contributed by atoms with E-state index < -0.39 is 5.97 Å². The summed E-state index contributed by atoms with van der Waals surface area (Å²) < 4.78 is 0. The molecule has 0 atom stereocenters. The van der Waals surface area contributed by atoms with Crippen molar-refractivity contribution in [3.8, 4) is 0 Å². The first-order chi connectivity index (χ1) is 3.15. The zero-order valence-electron chi connectivity index (χ0n) is 4.40. The molecule has 0 aliphatic rings. The molecule has 0 aromatic heterocycles. The lowest BCUT2D eigenvalue weighted by molar-refractivity contribution is -0.140. The monoisotopic (exact) mass is 167 g/mol. The van der Waals surface area contributed by atoms with Crippen LogP contribution in [0.4, 0.5) is 0 Å². The summed E-state index contributed by atoms with van der Waals surface area (Å²) in [5.41, 5.74) is 0. The van der Waals surface area contributed by atoms with Crippen LogP contribution in [0.1, 0.15) is 13.8 Å². The van der Waals surface area contributed by atoms with E-state index in [1.54, 1.807) is 0 Å². The molecule has 3 heteroatoms. The summed E-state index contributed by atoms with van der Waals surface area (Å²) in [6, 6.07) is 0. The van der Waals surface area contributed by atoms with Crippen molar-refractivity contribution in [2.75, 3.05) is 5.33 Å². The van der Waals surface area contributed by atoms with Gasteiger partial charge in [0.15, 0.2) is 0 Å². The number of rotatable bonds is 0. The van der Waals surface area contributed by atoms with Crippen molar-refractivity contribution in [3.05, 3.63) is 0 Å². The van der Waals surface area contributed by atoms with Gasteiger partial charge in [-0.05, 0) is 0 Å². The van der Waals surface area contributed by atoms with Crippen molar-refractivity contribution >= 4 is 21.9 Å². The molecule has 0 rings (SSSR count). The first-order valence-electron chi connectivity index (χ1n) is 1.88. The van der Waals surface area contributed by atoms with E-state index in [1.165, 1.54) is 0 Å². The van der Waals surface area contributed by atoms with E-state index >= 15 is 0 Å². The SMILES string of the molecule is CC([O])=O.CCBr. The minimum atomic E-state index is -1.08. The first-order valence-corrected chi connectivity index (χ1v) is 3.00. The van der Waals surface area contributed by atoms with Gasteiger partial charge in [0.2, 0.25) is 0 Å². The third-order valence-corrected chi connectivity index (χ3v) is 0. The molecule has 0 spiro atoms. The van der Waals surface area contributed by atoms with Gasteiger partial charge < -0.3 is 0 Å². The Morgan fingerprint density at radius 3 is 1.71 bits per heavy atom. The van der Waals surface area contributed by atoms with E-state index in [2.05, 4.69) is 15.9 Å². The van der Waals surface area contributed by atoms with Gasteiger partial charge in [0.1, 0.15) is 0 Å². The second kappa shape index (κ2) is 9.34. The van der Waals surface area contributed by atoms with Gasteiger partial charge in [-0.3, -0.25) is 0 Å². The van der Waals surface area contributed by atoms with Crippen molar-refractivity contribution in [2.24, 2.45) is 0 Å². The highest BCUT2D eigenvalue weighted by Gasteiger charge is 1.71. The molecule has 0 aliphatic heterocycles. The van der Waals surface area contributed by atoms with E-state index in [0.717, 1.165) is 12.3 Å². The number of hydrogen-bond donors (Lipinski definition) is 0. The lowest BCUT2D eigenvalue weighted by Crippen LogP contribution is -1.74. The zero-order valence-corrected chi connectivity index (χ0v) is 5.99. The molecule has 43 valence electrons. The third-order valence-electron chi connectivity index (χ3n) is 0.